The number of carbonyl (C=O) groups excluding carboxylic acids is 1. The molecule has 0 bridgehead atoms. The van der Waals surface area contributed by atoms with Crippen LogP contribution in [0.5, 0.6) is 0 Å². The van der Waals surface area contributed by atoms with Crippen LogP contribution in [0.3, 0.4) is 0 Å². The molecule has 0 fully saturated rings. The Hall–Kier alpha value is -3.07. The van der Waals surface area contributed by atoms with Crippen molar-refractivity contribution in [1.82, 2.24) is 9.47 Å². The van der Waals surface area contributed by atoms with Crippen LogP contribution >= 0.6 is 0 Å². The van der Waals surface area contributed by atoms with Crippen LogP contribution in [-0.4, -0.2) is 21.9 Å². The van der Waals surface area contributed by atoms with E-state index in [-0.39, 0.29) is 17.4 Å². The number of amides is 1. The van der Waals surface area contributed by atoms with Crippen molar-refractivity contribution in [1.29, 1.82) is 0 Å². The Bertz CT molecular complexity index is 1020. The van der Waals surface area contributed by atoms with Crippen molar-refractivity contribution in [2.45, 2.75) is 45.2 Å². The maximum atomic E-state index is 13.3. The van der Waals surface area contributed by atoms with E-state index in [0.717, 1.165) is 30.6 Å². The highest BCUT2D eigenvalue weighted by molar-refractivity contribution is 5.92. The second kappa shape index (κ2) is 8.35. The van der Waals surface area contributed by atoms with Gasteiger partial charge in [0.05, 0.1) is 6.04 Å². The van der Waals surface area contributed by atoms with Crippen LogP contribution in [0.25, 0.3) is 6.08 Å². The molecule has 1 unspecified atom stereocenters. The van der Waals surface area contributed by atoms with Gasteiger partial charge in [-0.05, 0) is 46.7 Å². The Balaban J connectivity index is 1.69. The molecule has 0 saturated carbocycles. The fourth-order valence-corrected chi connectivity index (χ4v) is 4.16. The third-order valence-corrected chi connectivity index (χ3v) is 5.85. The average Bonchev–Trinajstić information content (AvgIpc) is 3.12. The zero-order chi connectivity index (χ0) is 21.1. The van der Waals surface area contributed by atoms with E-state index < -0.39 is 0 Å². The molecule has 0 aliphatic carbocycles. The van der Waals surface area contributed by atoms with Gasteiger partial charge in [0, 0.05) is 31.1 Å². The second-order valence-corrected chi connectivity index (χ2v) is 9.03. The van der Waals surface area contributed by atoms with Gasteiger partial charge in [0.1, 0.15) is 0 Å². The largest absolute Gasteiger partial charge is 0.349 e. The Morgan fingerprint density at radius 1 is 0.933 bits per heavy atom. The minimum Gasteiger partial charge on any atom is -0.349 e. The molecule has 2 aromatic carbocycles. The van der Waals surface area contributed by atoms with Crippen LogP contribution in [0.15, 0.2) is 79.0 Å². The Morgan fingerprint density at radius 2 is 1.67 bits per heavy atom. The smallest absolute Gasteiger partial charge is 0.247 e. The zero-order valence-corrected chi connectivity index (χ0v) is 18.1. The molecule has 0 N–H and O–H groups in total. The zero-order valence-electron chi connectivity index (χ0n) is 18.1. The van der Waals surface area contributed by atoms with Crippen LogP contribution in [-0.2, 0) is 16.8 Å². The number of aryl methyl sites for hydroxylation is 1. The van der Waals surface area contributed by atoms with Gasteiger partial charge in [0.2, 0.25) is 5.91 Å². The van der Waals surface area contributed by atoms with E-state index in [1.54, 1.807) is 6.08 Å². The van der Waals surface area contributed by atoms with Crippen LogP contribution in [0.2, 0.25) is 0 Å². The highest BCUT2D eigenvalue weighted by Crippen LogP contribution is 2.33. The van der Waals surface area contributed by atoms with Crippen molar-refractivity contribution in [3.8, 4) is 0 Å². The van der Waals surface area contributed by atoms with Crippen LogP contribution in [0.1, 0.15) is 55.6 Å². The molecule has 154 valence electrons. The van der Waals surface area contributed by atoms with Gasteiger partial charge in [-0.25, -0.2) is 0 Å². The minimum absolute atomic E-state index is 0.0541. The lowest BCUT2D eigenvalue weighted by Gasteiger charge is -2.30. The van der Waals surface area contributed by atoms with Crippen molar-refractivity contribution in [2.75, 3.05) is 6.54 Å². The number of nitrogens with zero attached hydrogens (tertiary/aromatic N) is 2. The number of fused-ring (bicyclic) bond motifs is 1. The van der Waals surface area contributed by atoms with E-state index in [1.165, 1.54) is 11.3 Å². The number of carbonyl (C=O) groups is 1. The summed E-state index contributed by atoms with van der Waals surface area (Å²) in [6.45, 7) is 8.35. The van der Waals surface area contributed by atoms with Gasteiger partial charge >= 0.3 is 0 Å². The first kappa shape index (κ1) is 20.2. The molecular weight excluding hydrogens is 368 g/mol. The summed E-state index contributed by atoms with van der Waals surface area (Å²) in [7, 11) is 0. The summed E-state index contributed by atoms with van der Waals surface area (Å²) in [6, 6.07) is 22.9. The van der Waals surface area contributed by atoms with Gasteiger partial charge < -0.3 is 9.47 Å². The fraction of sp³-hybridized carbons (Fsp3) is 0.296. The van der Waals surface area contributed by atoms with Crippen molar-refractivity contribution >= 4 is 12.0 Å². The van der Waals surface area contributed by atoms with Crippen molar-refractivity contribution in [3.05, 3.63) is 101 Å². The number of rotatable bonds is 3. The molecule has 0 saturated heterocycles. The first-order valence-electron chi connectivity index (χ1n) is 10.7. The molecular formula is C27H30N2O. The van der Waals surface area contributed by atoms with Gasteiger partial charge in [-0.1, -0.05) is 75.4 Å². The Kier molecular flexibility index (Phi) is 5.63. The van der Waals surface area contributed by atoms with Gasteiger partial charge in [-0.3, -0.25) is 4.79 Å². The van der Waals surface area contributed by atoms with Gasteiger partial charge in [0.15, 0.2) is 0 Å². The maximum Gasteiger partial charge on any atom is 0.247 e. The van der Waals surface area contributed by atoms with Gasteiger partial charge in [-0.2, -0.15) is 0 Å². The molecule has 3 heteroatoms. The number of aromatic nitrogens is 1. The van der Waals surface area contributed by atoms with Crippen LogP contribution in [0, 0.1) is 0 Å². The molecule has 1 aliphatic rings. The highest BCUT2D eigenvalue weighted by Gasteiger charge is 2.30. The molecule has 1 aliphatic heterocycles. The summed E-state index contributed by atoms with van der Waals surface area (Å²) in [5, 5.41) is 0. The molecule has 1 atom stereocenters. The summed E-state index contributed by atoms with van der Waals surface area (Å²) < 4.78 is 2.29. The molecule has 0 spiro atoms. The van der Waals surface area contributed by atoms with E-state index in [0.29, 0.717) is 0 Å². The van der Waals surface area contributed by atoms with Gasteiger partial charge in [-0.15, -0.1) is 0 Å². The monoisotopic (exact) mass is 398 g/mol. The number of hydrogen-bond acceptors (Lipinski definition) is 1. The second-order valence-electron chi connectivity index (χ2n) is 9.03. The molecule has 3 aromatic rings. The topological polar surface area (TPSA) is 25.2 Å². The molecule has 0 radical (unpaired) electrons. The first-order chi connectivity index (χ1) is 14.4. The van der Waals surface area contributed by atoms with E-state index >= 15 is 0 Å². The maximum absolute atomic E-state index is 13.3. The van der Waals surface area contributed by atoms with E-state index in [1.807, 2.05) is 41.3 Å². The molecule has 1 amide bonds. The van der Waals surface area contributed by atoms with Crippen molar-refractivity contribution in [3.63, 3.8) is 0 Å². The minimum atomic E-state index is -0.0792. The average molecular weight is 399 g/mol. The summed E-state index contributed by atoms with van der Waals surface area (Å²) in [4.78, 5) is 15.3. The van der Waals surface area contributed by atoms with E-state index in [9.17, 15) is 4.79 Å². The predicted octanol–water partition coefficient (Wildman–Crippen LogP) is 5.82. The van der Waals surface area contributed by atoms with Gasteiger partial charge in [0.25, 0.3) is 0 Å². The quantitative estimate of drug-likeness (QED) is 0.510. The standard InChI is InChI=1S/C27H30N2O/c1-27(2,3)23-15-13-22(14-16-23)26-24-11-7-18-28(24)19-8-20-29(26)25(30)17-12-21-9-5-4-6-10-21/h4-7,9-18,26H,8,19-20H2,1-3H3/b17-12+. The lowest BCUT2D eigenvalue weighted by atomic mass is 9.86. The lowest BCUT2D eigenvalue weighted by molar-refractivity contribution is -0.127. The van der Waals surface area contributed by atoms with Crippen LogP contribution in [0.4, 0.5) is 0 Å². The normalized spacial score (nSPS) is 17.0. The molecule has 3 nitrogen and oxygen atoms in total. The van der Waals surface area contributed by atoms with E-state index in [4.69, 9.17) is 0 Å². The predicted molar refractivity (Wildman–Crippen MR) is 123 cm³/mol. The van der Waals surface area contributed by atoms with Crippen LogP contribution < -0.4 is 0 Å². The molecule has 30 heavy (non-hydrogen) atoms. The fourth-order valence-electron chi connectivity index (χ4n) is 4.16. The molecule has 4 rings (SSSR count). The lowest BCUT2D eigenvalue weighted by Crippen LogP contribution is -2.34. The van der Waals surface area contributed by atoms with Crippen molar-refractivity contribution < 1.29 is 4.79 Å². The third kappa shape index (κ3) is 4.25. The van der Waals surface area contributed by atoms with E-state index in [2.05, 4.69) is 67.9 Å². The highest BCUT2D eigenvalue weighted by atomic mass is 16.2. The molecule has 2 heterocycles. The summed E-state index contributed by atoms with van der Waals surface area (Å²) in [5.74, 6) is 0.0541. The molecule has 1 aromatic heterocycles. The summed E-state index contributed by atoms with van der Waals surface area (Å²) in [6.07, 6.45) is 6.69. The third-order valence-electron chi connectivity index (χ3n) is 5.85. The first-order valence-corrected chi connectivity index (χ1v) is 10.7. The SMILES string of the molecule is CC(C)(C)c1ccc(C2c3cccn3CCCN2C(=O)/C=C/c2ccccc2)cc1. The summed E-state index contributed by atoms with van der Waals surface area (Å²) in [5.41, 5.74) is 4.78. The number of benzene rings is 2. The summed E-state index contributed by atoms with van der Waals surface area (Å²) >= 11 is 0. The number of hydrogen-bond donors (Lipinski definition) is 0. The Labute approximate surface area is 179 Å². The van der Waals surface area contributed by atoms with Crippen molar-refractivity contribution in [2.24, 2.45) is 0 Å². The Morgan fingerprint density at radius 3 is 2.37 bits per heavy atom.